The summed E-state index contributed by atoms with van der Waals surface area (Å²) in [6, 6.07) is 7.03. The summed E-state index contributed by atoms with van der Waals surface area (Å²) >= 11 is 0. The van der Waals surface area contributed by atoms with Gasteiger partial charge in [0.05, 0.1) is 19.3 Å². The van der Waals surface area contributed by atoms with E-state index < -0.39 is 35.2 Å². The number of nitrogens with one attached hydrogen (secondary N) is 1. The number of aliphatic carboxylic acids is 1. The van der Waals surface area contributed by atoms with Gasteiger partial charge in [-0.2, -0.15) is 0 Å². The van der Waals surface area contributed by atoms with Crippen LogP contribution in [0.4, 0.5) is 0 Å². The van der Waals surface area contributed by atoms with Crippen molar-refractivity contribution in [2.45, 2.75) is 69.6 Å². The predicted octanol–water partition coefficient (Wildman–Crippen LogP) is 1.59. The number of carbonyl (C=O) groups excluding carboxylic acids is 2. The second kappa shape index (κ2) is 13.9. The highest BCUT2D eigenvalue weighted by molar-refractivity contribution is 5.89. The third-order valence-electron chi connectivity index (χ3n) is 6.95. The molecule has 2 aliphatic rings. The topological polar surface area (TPSA) is 158 Å². The lowest BCUT2D eigenvalue weighted by atomic mass is 10.0. The third-order valence-corrected chi connectivity index (χ3v) is 6.95. The average molecular weight is 522 g/mol. The van der Waals surface area contributed by atoms with Gasteiger partial charge in [-0.3, -0.25) is 14.9 Å². The number of hydrogen-bond donors (Lipinski definition) is 2. The third kappa shape index (κ3) is 8.12. The molecule has 5 unspecified atom stereocenters. The van der Waals surface area contributed by atoms with Gasteiger partial charge in [0.25, 0.3) is 5.09 Å². The van der Waals surface area contributed by atoms with E-state index in [0.717, 1.165) is 24.8 Å². The average Bonchev–Trinajstić information content (AvgIpc) is 3.47. The first-order valence-electron chi connectivity index (χ1n) is 12.6. The van der Waals surface area contributed by atoms with Crippen molar-refractivity contribution < 1.29 is 38.9 Å². The van der Waals surface area contributed by atoms with Crippen LogP contribution in [0.5, 0.6) is 0 Å². The van der Waals surface area contributed by atoms with Crippen molar-refractivity contribution in [3.63, 3.8) is 0 Å². The molecule has 37 heavy (non-hydrogen) atoms. The number of hydrogen-bond acceptors (Lipinski definition) is 9. The molecule has 1 amide bonds. The zero-order valence-electron chi connectivity index (χ0n) is 21.0. The molecular weight excluding hydrogens is 486 g/mol. The molecule has 1 aliphatic heterocycles. The second-order valence-corrected chi connectivity index (χ2v) is 9.40. The van der Waals surface area contributed by atoms with E-state index in [-0.39, 0.29) is 44.3 Å². The second-order valence-electron chi connectivity index (χ2n) is 9.40. The van der Waals surface area contributed by atoms with Crippen LogP contribution in [0.1, 0.15) is 44.6 Å². The van der Waals surface area contributed by atoms with Gasteiger partial charge in [0.2, 0.25) is 5.91 Å². The van der Waals surface area contributed by atoms with Crippen molar-refractivity contribution in [1.82, 2.24) is 10.2 Å². The Hall–Kier alpha value is -3.25. The van der Waals surface area contributed by atoms with Gasteiger partial charge < -0.3 is 24.3 Å². The van der Waals surface area contributed by atoms with Crippen molar-refractivity contribution in [3.8, 4) is 0 Å². The molecule has 12 heteroatoms. The van der Waals surface area contributed by atoms with Gasteiger partial charge in [-0.15, -0.1) is 10.1 Å². The molecule has 1 saturated carbocycles. The van der Waals surface area contributed by atoms with Crippen molar-refractivity contribution in [3.05, 3.63) is 46.0 Å². The Balaban J connectivity index is 1.54. The van der Waals surface area contributed by atoms with Crippen LogP contribution < -0.4 is 5.32 Å². The Labute approximate surface area is 215 Å². The predicted molar refractivity (Wildman–Crippen MR) is 130 cm³/mol. The normalized spacial score (nSPS) is 22.2. The number of carboxylic acid groups (broad SMARTS) is 1. The van der Waals surface area contributed by atoms with Crippen LogP contribution in [0, 0.1) is 16.0 Å². The molecule has 2 N–H and O–H groups in total. The van der Waals surface area contributed by atoms with E-state index in [4.69, 9.17) is 9.47 Å². The molecule has 1 heterocycles. The Kier molecular flexibility index (Phi) is 10.6. The minimum Gasteiger partial charge on any atom is -0.480 e. The summed E-state index contributed by atoms with van der Waals surface area (Å²) in [6.45, 7) is 1.38. The van der Waals surface area contributed by atoms with Crippen LogP contribution in [-0.2, 0) is 35.1 Å². The minimum atomic E-state index is -1.03. The van der Waals surface area contributed by atoms with Gasteiger partial charge in [-0.05, 0) is 50.5 Å². The summed E-state index contributed by atoms with van der Waals surface area (Å²) in [4.78, 5) is 54.1. The summed E-state index contributed by atoms with van der Waals surface area (Å²) in [5.41, 5.74) is 1.01. The minimum absolute atomic E-state index is 0.0189. The number of esters is 1. The molecular formula is C25H35N3O9. The number of ether oxygens (including phenoxy) is 2. The molecule has 1 aromatic carbocycles. The summed E-state index contributed by atoms with van der Waals surface area (Å²) in [5, 5.41) is 21.9. The number of fused-ring (bicyclic) bond motifs is 1. The Morgan fingerprint density at radius 2 is 1.89 bits per heavy atom. The van der Waals surface area contributed by atoms with E-state index in [1.807, 2.05) is 30.3 Å². The lowest BCUT2D eigenvalue weighted by molar-refractivity contribution is -0.758. The highest BCUT2D eigenvalue weighted by Gasteiger charge is 2.50. The number of likely N-dealkylation sites (tertiary alicyclic amines) is 1. The van der Waals surface area contributed by atoms with Crippen molar-refractivity contribution in [2.75, 3.05) is 26.4 Å². The van der Waals surface area contributed by atoms with Crippen LogP contribution in [0.25, 0.3) is 0 Å². The Morgan fingerprint density at radius 3 is 2.59 bits per heavy atom. The molecule has 5 atom stereocenters. The van der Waals surface area contributed by atoms with E-state index >= 15 is 0 Å². The maximum atomic E-state index is 13.5. The maximum Gasteiger partial charge on any atom is 0.328 e. The van der Waals surface area contributed by atoms with Crippen molar-refractivity contribution >= 4 is 17.8 Å². The molecule has 1 aromatic rings. The molecule has 0 bridgehead atoms. The fourth-order valence-corrected chi connectivity index (χ4v) is 5.22. The Morgan fingerprint density at radius 1 is 1.16 bits per heavy atom. The van der Waals surface area contributed by atoms with E-state index in [1.165, 1.54) is 0 Å². The number of amides is 1. The molecule has 0 radical (unpaired) electrons. The van der Waals surface area contributed by atoms with E-state index in [9.17, 15) is 29.6 Å². The number of rotatable bonds is 15. The fourth-order valence-electron chi connectivity index (χ4n) is 5.22. The van der Waals surface area contributed by atoms with Crippen LogP contribution in [-0.4, -0.2) is 83.5 Å². The van der Waals surface area contributed by atoms with Gasteiger partial charge in [0.15, 0.2) is 0 Å². The standard InChI is InChI=1S/C25H35N3O9/c1-17(26-20(24(30)31)11-10-18-6-3-2-4-7-18)23(29)27-21-9-5-8-19(21)16-22(27)25(32)36-14-12-35-13-15-37-28(33)34/h2-4,6-7,17,19-22,26H,5,8-16H2,1H3,(H,30,31). The highest BCUT2D eigenvalue weighted by atomic mass is 17.0. The number of carboxylic acids is 1. The lowest BCUT2D eigenvalue weighted by Gasteiger charge is -2.32. The largest absolute Gasteiger partial charge is 0.480 e. The molecule has 204 valence electrons. The van der Waals surface area contributed by atoms with Crippen LogP contribution in [0.2, 0.25) is 0 Å². The first-order chi connectivity index (χ1) is 17.8. The van der Waals surface area contributed by atoms with Crippen LogP contribution >= 0.6 is 0 Å². The monoisotopic (exact) mass is 521 g/mol. The van der Waals surface area contributed by atoms with Gasteiger partial charge in [0, 0.05) is 6.04 Å². The molecule has 1 aliphatic carbocycles. The molecule has 0 spiro atoms. The van der Waals surface area contributed by atoms with Gasteiger partial charge in [-0.1, -0.05) is 36.8 Å². The van der Waals surface area contributed by atoms with Crippen LogP contribution in [0.3, 0.4) is 0 Å². The fraction of sp³-hybridized carbons (Fsp3) is 0.640. The number of benzene rings is 1. The van der Waals surface area contributed by atoms with E-state index in [1.54, 1.807) is 11.8 Å². The first-order valence-corrected chi connectivity index (χ1v) is 12.6. The smallest absolute Gasteiger partial charge is 0.328 e. The van der Waals surface area contributed by atoms with Gasteiger partial charge in [0.1, 0.15) is 25.3 Å². The SMILES string of the molecule is CC(NC(CCc1ccccc1)C(=O)O)C(=O)N1C(C(=O)OCCOCCO[N+](=O)[O-])CC2CCCC21. The van der Waals surface area contributed by atoms with Gasteiger partial charge in [-0.25, -0.2) is 4.79 Å². The molecule has 3 rings (SSSR count). The number of carbonyl (C=O) groups is 3. The summed E-state index contributed by atoms with van der Waals surface area (Å²) in [5.74, 6) is -1.66. The first kappa shape index (κ1) is 28.3. The highest BCUT2D eigenvalue weighted by Crippen LogP contribution is 2.42. The zero-order valence-corrected chi connectivity index (χ0v) is 21.0. The summed E-state index contributed by atoms with van der Waals surface area (Å²) in [7, 11) is 0. The van der Waals surface area contributed by atoms with Crippen molar-refractivity contribution in [1.29, 1.82) is 0 Å². The Bertz CT molecular complexity index is 929. The van der Waals surface area contributed by atoms with Gasteiger partial charge >= 0.3 is 11.9 Å². The van der Waals surface area contributed by atoms with Crippen LogP contribution in [0.15, 0.2) is 30.3 Å². The lowest BCUT2D eigenvalue weighted by Crippen LogP contribution is -2.55. The van der Waals surface area contributed by atoms with E-state index in [0.29, 0.717) is 19.3 Å². The summed E-state index contributed by atoms with van der Waals surface area (Å²) in [6.07, 6.45) is 4.07. The number of nitrogens with zero attached hydrogens (tertiary/aromatic N) is 2. The van der Waals surface area contributed by atoms with Crippen molar-refractivity contribution in [2.24, 2.45) is 5.92 Å². The molecule has 1 saturated heterocycles. The summed E-state index contributed by atoms with van der Waals surface area (Å²) < 4.78 is 10.5. The zero-order chi connectivity index (χ0) is 26.8. The number of aryl methyl sites for hydroxylation is 1. The van der Waals surface area contributed by atoms with E-state index in [2.05, 4.69) is 10.2 Å². The molecule has 12 nitrogen and oxygen atoms in total. The molecule has 2 fully saturated rings. The maximum absolute atomic E-state index is 13.5. The quantitative estimate of drug-likeness (QED) is 0.150. The molecule has 0 aromatic heterocycles.